The molecule has 6 rings (SSSR count). The first kappa shape index (κ1) is 24.0. The molecule has 1 aliphatic rings. The fourth-order valence-corrected chi connectivity index (χ4v) is 5.06. The van der Waals surface area contributed by atoms with Gasteiger partial charge in [0.05, 0.1) is 30.1 Å². The third-order valence-corrected chi connectivity index (χ3v) is 7.06. The minimum absolute atomic E-state index is 0.151. The molecule has 5 aromatic rings. The Labute approximate surface area is 221 Å². The van der Waals surface area contributed by atoms with Crippen molar-refractivity contribution in [3.8, 4) is 22.9 Å². The lowest BCUT2D eigenvalue weighted by Crippen LogP contribution is -2.26. The molecule has 0 aliphatic heterocycles. The van der Waals surface area contributed by atoms with E-state index in [1.54, 1.807) is 10.9 Å². The molecule has 38 heavy (non-hydrogen) atoms. The van der Waals surface area contributed by atoms with Gasteiger partial charge in [-0.3, -0.25) is 9.36 Å². The molecule has 1 saturated carbocycles. The van der Waals surface area contributed by atoms with Crippen LogP contribution in [0, 0.1) is 0 Å². The third kappa shape index (κ3) is 5.04. The molecular formula is C29H31N7O2. The summed E-state index contributed by atoms with van der Waals surface area (Å²) >= 11 is 0. The van der Waals surface area contributed by atoms with Crippen molar-refractivity contribution in [1.29, 1.82) is 0 Å². The van der Waals surface area contributed by atoms with Crippen molar-refractivity contribution in [3.63, 3.8) is 0 Å². The van der Waals surface area contributed by atoms with Crippen molar-refractivity contribution in [2.24, 2.45) is 7.05 Å². The predicted octanol–water partition coefficient (Wildman–Crippen LogP) is 5.41. The van der Waals surface area contributed by atoms with Crippen molar-refractivity contribution in [1.82, 2.24) is 29.5 Å². The van der Waals surface area contributed by atoms with Crippen LogP contribution in [0.3, 0.4) is 0 Å². The maximum atomic E-state index is 6.28. The summed E-state index contributed by atoms with van der Waals surface area (Å²) in [7, 11) is 3.80. The number of pyridine rings is 2. The van der Waals surface area contributed by atoms with Crippen LogP contribution in [0.4, 0.5) is 5.82 Å². The number of benzene rings is 1. The first-order chi connectivity index (χ1) is 18.7. The van der Waals surface area contributed by atoms with Crippen LogP contribution in [0.5, 0.6) is 11.6 Å². The van der Waals surface area contributed by atoms with Crippen LogP contribution in [0.25, 0.3) is 22.2 Å². The topological polar surface area (TPSA) is 91.9 Å². The Balaban J connectivity index is 1.11. The van der Waals surface area contributed by atoms with E-state index in [2.05, 4.69) is 31.1 Å². The number of hydrogen-bond acceptors (Lipinski definition) is 7. The number of ether oxygens (including phenoxy) is 2. The Morgan fingerprint density at radius 3 is 2.53 bits per heavy atom. The van der Waals surface area contributed by atoms with Crippen LogP contribution >= 0.6 is 0 Å². The van der Waals surface area contributed by atoms with E-state index < -0.39 is 0 Å². The highest BCUT2D eigenvalue weighted by molar-refractivity contribution is 5.93. The van der Waals surface area contributed by atoms with Gasteiger partial charge in [-0.2, -0.15) is 10.2 Å². The van der Waals surface area contributed by atoms with Crippen molar-refractivity contribution in [2.45, 2.75) is 44.4 Å². The van der Waals surface area contributed by atoms with Crippen LogP contribution in [-0.4, -0.2) is 42.7 Å². The summed E-state index contributed by atoms with van der Waals surface area (Å²) in [5.74, 6) is 2.20. The number of nitrogens with one attached hydrogen (secondary N) is 1. The molecule has 9 nitrogen and oxygen atoms in total. The van der Waals surface area contributed by atoms with E-state index in [-0.39, 0.29) is 6.10 Å². The van der Waals surface area contributed by atoms with E-state index in [4.69, 9.17) is 14.6 Å². The van der Waals surface area contributed by atoms with Gasteiger partial charge < -0.3 is 14.8 Å². The Kier molecular flexibility index (Phi) is 6.64. The van der Waals surface area contributed by atoms with Gasteiger partial charge in [-0.05, 0) is 37.3 Å². The molecular weight excluding hydrogens is 478 g/mol. The lowest BCUT2D eigenvalue weighted by molar-refractivity contribution is 0.130. The summed E-state index contributed by atoms with van der Waals surface area (Å²) in [6, 6.07) is 16.3. The second kappa shape index (κ2) is 10.5. The number of aryl methyl sites for hydroxylation is 1. The highest BCUT2D eigenvalue weighted by Gasteiger charge is 2.27. The molecule has 9 heteroatoms. The second-order valence-corrected chi connectivity index (χ2v) is 9.69. The van der Waals surface area contributed by atoms with Gasteiger partial charge in [-0.15, -0.1) is 0 Å². The van der Waals surface area contributed by atoms with Crippen LogP contribution in [0.1, 0.15) is 37.3 Å². The van der Waals surface area contributed by atoms with Crippen molar-refractivity contribution < 1.29 is 9.47 Å². The van der Waals surface area contributed by atoms with Gasteiger partial charge in [0.25, 0.3) is 0 Å². The number of nitrogens with zero attached hydrogens (tertiary/aromatic N) is 6. The number of hydrogen-bond donors (Lipinski definition) is 1. The molecule has 0 atom stereocenters. The summed E-state index contributed by atoms with van der Waals surface area (Å²) in [4.78, 5) is 8.97. The smallest absolute Gasteiger partial charge is 0.213 e. The Bertz CT molecular complexity index is 1500. The molecule has 4 aromatic heterocycles. The SMILES string of the molecule is CNc1cc2c(cn1)c(-c1cnn(C)c1)nn2[C@H]1CC[C@@H](Oc2ccc(OCc3ccccc3)nc2)CC1. The zero-order chi connectivity index (χ0) is 25.9. The lowest BCUT2D eigenvalue weighted by atomic mass is 9.93. The molecule has 0 radical (unpaired) electrons. The zero-order valence-electron chi connectivity index (χ0n) is 21.6. The second-order valence-electron chi connectivity index (χ2n) is 9.69. The molecule has 1 aromatic carbocycles. The maximum absolute atomic E-state index is 6.28. The van der Waals surface area contributed by atoms with E-state index in [9.17, 15) is 0 Å². The summed E-state index contributed by atoms with van der Waals surface area (Å²) in [6.45, 7) is 0.495. The highest BCUT2D eigenvalue weighted by atomic mass is 16.5. The summed E-state index contributed by atoms with van der Waals surface area (Å²) in [5.41, 5.74) is 4.11. The van der Waals surface area contributed by atoms with Gasteiger partial charge in [0.15, 0.2) is 0 Å². The van der Waals surface area contributed by atoms with Crippen molar-refractivity contribution in [2.75, 3.05) is 12.4 Å². The van der Waals surface area contributed by atoms with Crippen molar-refractivity contribution in [3.05, 3.63) is 78.9 Å². The Morgan fingerprint density at radius 1 is 0.974 bits per heavy atom. The summed E-state index contributed by atoms with van der Waals surface area (Å²) in [6.07, 6.45) is 11.5. The van der Waals surface area contributed by atoms with E-state index in [0.717, 1.165) is 65.0 Å². The first-order valence-electron chi connectivity index (χ1n) is 13.0. The van der Waals surface area contributed by atoms with Gasteiger partial charge in [0.1, 0.15) is 23.9 Å². The van der Waals surface area contributed by atoms with Crippen LogP contribution in [0.15, 0.2) is 73.3 Å². The van der Waals surface area contributed by atoms with E-state index in [0.29, 0.717) is 18.5 Å². The standard InChI is InChI=1S/C29H31N7O2/c1-30-27-14-26-25(17-31-27)29(21-15-33-35(2)18-21)34-36(26)22-8-10-23(11-9-22)38-24-12-13-28(32-16-24)37-19-20-6-4-3-5-7-20/h3-7,12-18,22-23H,8-11,19H2,1-2H3,(H,30,31)/t22-,23+. The normalized spacial score (nSPS) is 17.4. The largest absolute Gasteiger partial charge is 0.489 e. The van der Waals surface area contributed by atoms with Gasteiger partial charge in [0, 0.05) is 49.6 Å². The minimum Gasteiger partial charge on any atom is -0.489 e. The molecule has 0 bridgehead atoms. The van der Waals surface area contributed by atoms with Gasteiger partial charge in [-0.1, -0.05) is 30.3 Å². The molecule has 1 N–H and O–H groups in total. The average Bonchev–Trinajstić information content (AvgIpc) is 3.56. The minimum atomic E-state index is 0.151. The molecule has 1 aliphatic carbocycles. The van der Waals surface area contributed by atoms with Crippen molar-refractivity contribution >= 4 is 16.7 Å². The number of rotatable bonds is 8. The first-order valence-corrected chi connectivity index (χ1v) is 13.0. The van der Waals surface area contributed by atoms with Gasteiger partial charge >= 0.3 is 0 Å². The quantitative estimate of drug-likeness (QED) is 0.299. The average molecular weight is 510 g/mol. The molecule has 1 fully saturated rings. The van der Waals surface area contributed by atoms with E-state index in [1.807, 2.05) is 75.2 Å². The van der Waals surface area contributed by atoms with Crippen LogP contribution < -0.4 is 14.8 Å². The Hall–Kier alpha value is -4.40. The van der Waals surface area contributed by atoms with Gasteiger partial charge in [-0.25, -0.2) is 9.97 Å². The zero-order valence-corrected chi connectivity index (χ0v) is 21.6. The van der Waals surface area contributed by atoms with E-state index >= 15 is 0 Å². The number of anilines is 1. The number of fused-ring (bicyclic) bond motifs is 1. The fraction of sp³-hybridized carbons (Fsp3) is 0.310. The lowest BCUT2D eigenvalue weighted by Gasteiger charge is -2.29. The molecule has 0 unspecified atom stereocenters. The molecule has 4 heterocycles. The molecule has 0 spiro atoms. The maximum Gasteiger partial charge on any atom is 0.213 e. The summed E-state index contributed by atoms with van der Waals surface area (Å²) < 4.78 is 16.1. The fourth-order valence-electron chi connectivity index (χ4n) is 5.06. The van der Waals surface area contributed by atoms with Gasteiger partial charge in [0.2, 0.25) is 5.88 Å². The Morgan fingerprint density at radius 2 is 1.82 bits per heavy atom. The number of aromatic nitrogens is 6. The van der Waals surface area contributed by atoms with Crippen LogP contribution in [-0.2, 0) is 13.7 Å². The third-order valence-electron chi connectivity index (χ3n) is 7.06. The summed E-state index contributed by atoms with van der Waals surface area (Å²) in [5, 5.41) is 13.6. The molecule has 0 saturated heterocycles. The highest BCUT2D eigenvalue weighted by Crippen LogP contribution is 2.36. The van der Waals surface area contributed by atoms with E-state index in [1.165, 1.54) is 0 Å². The monoisotopic (exact) mass is 509 g/mol. The predicted molar refractivity (Wildman–Crippen MR) is 146 cm³/mol. The molecule has 194 valence electrons. The van der Waals surface area contributed by atoms with Crippen LogP contribution in [0.2, 0.25) is 0 Å². The molecule has 0 amide bonds.